The third-order valence-electron chi connectivity index (χ3n) is 6.73. The van der Waals surface area contributed by atoms with Gasteiger partial charge in [0.05, 0.1) is 12.6 Å². The minimum Gasteiger partial charge on any atom is -0.493 e. The fourth-order valence-corrected chi connectivity index (χ4v) is 5.08. The van der Waals surface area contributed by atoms with Gasteiger partial charge in [-0.05, 0) is 25.3 Å². The van der Waals surface area contributed by atoms with E-state index in [1.54, 1.807) is 9.80 Å². The Hall–Kier alpha value is -2.61. The van der Waals surface area contributed by atoms with Crippen LogP contribution in [0.5, 0.6) is 5.75 Å². The summed E-state index contributed by atoms with van der Waals surface area (Å²) in [5.41, 5.74) is 6.69. The van der Waals surface area contributed by atoms with Crippen LogP contribution >= 0.6 is 0 Å². The van der Waals surface area contributed by atoms with Gasteiger partial charge in [-0.2, -0.15) is 0 Å². The molecule has 3 aliphatic rings. The zero-order valence-electron chi connectivity index (χ0n) is 19.2. The van der Waals surface area contributed by atoms with E-state index in [2.05, 4.69) is 5.32 Å². The van der Waals surface area contributed by atoms with Crippen molar-refractivity contribution in [2.75, 3.05) is 19.7 Å². The molecule has 2 saturated heterocycles. The van der Waals surface area contributed by atoms with E-state index >= 15 is 0 Å². The molecule has 0 saturated carbocycles. The Morgan fingerprint density at radius 2 is 1.88 bits per heavy atom. The minimum absolute atomic E-state index is 0.000303. The molecule has 32 heavy (non-hydrogen) atoms. The van der Waals surface area contributed by atoms with E-state index in [1.165, 1.54) is 0 Å². The highest BCUT2D eigenvalue weighted by atomic mass is 16.5. The number of carbonyl (C=O) groups is 3. The van der Waals surface area contributed by atoms with Crippen molar-refractivity contribution in [3.05, 3.63) is 29.8 Å². The zero-order valence-corrected chi connectivity index (χ0v) is 19.2. The summed E-state index contributed by atoms with van der Waals surface area (Å²) in [7, 11) is 0. The monoisotopic (exact) mass is 442 g/mol. The maximum atomic E-state index is 13.3. The molecule has 3 aliphatic heterocycles. The Morgan fingerprint density at radius 1 is 1.12 bits per heavy atom. The van der Waals surface area contributed by atoms with Crippen LogP contribution in [0.2, 0.25) is 0 Å². The zero-order chi connectivity index (χ0) is 23.0. The average Bonchev–Trinajstić information content (AvgIpc) is 3.17. The average molecular weight is 443 g/mol. The van der Waals surface area contributed by atoms with Gasteiger partial charge in [-0.3, -0.25) is 14.4 Å². The standard InChI is InChI=1S/C24H34N4O4/c1-24(2,3)23(31)27-12-10-15-8-9-19(28(15)22(30)17(25)14-27)21(29)26-18-11-13-32-20-7-5-4-6-16(18)20/h4-7,15,17-19H,8-14,25H2,1-3H3,(H,26,29)/t15-,17+,18-,19+/m1/s1. The summed E-state index contributed by atoms with van der Waals surface area (Å²) in [5.74, 6) is 0.408. The number of fused-ring (bicyclic) bond motifs is 2. The van der Waals surface area contributed by atoms with Gasteiger partial charge in [0, 0.05) is 36.5 Å². The SMILES string of the molecule is CC(C)(C)C(=O)N1CC[C@H]2CC[C@@H](C(=O)N[C@@H]3CCOc4ccccc43)N2C(=O)[C@@H](N)C1. The fourth-order valence-electron chi connectivity index (χ4n) is 5.08. The minimum atomic E-state index is -0.832. The van der Waals surface area contributed by atoms with Gasteiger partial charge in [0.25, 0.3) is 0 Å². The van der Waals surface area contributed by atoms with Gasteiger partial charge in [0.1, 0.15) is 17.8 Å². The number of hydrogen-bond donors (Lipinski definition) is 2. The van der Waals surface area contributed by atoms with Crippen LogP contribution in [-0.2, 0) is 14.4 Å². The maximum absolute atomic E-state index is 13.3. The van der Waals surface area contributed by atoms with E-state index in [1.807, 2.05) is 45.0 Å². The van der Waals surface area contributed by atoms with Crippen molar-refractivity contribution in [3.63, 3.8) is 0 Å². The number of carbonyl (C=O) groups excluding carboxylic acids is 3. The quantitative estimate of drug-likeness (QED) is 0.724. The van der Waals surface area contributed by atoms with Crippen LogP contribution in [0.15, 0.2) is 24.3 Å². The van der Waals surface area contributed by atoms with Gasteiger partial charge < -0.3 is 25.6 Å². The van der Waals surface area contributed by atoms with Crippen LogP contribution in [0.4, 0.5) is 0 Å². The second-order valence-corrected chi connectivity index (χ2v) is 10.1. The molecule has 0 unspecified atom stereocenters. The topological polar surface area (TPSA) is 105 Å². The van der Waals surface area contributed by atoms with E-state index in [4.69, 9.17) is 10.5 Å². The third-order valence-corrected chi connectivity index (χ3v) is 6.73. The summed E-state index contributed by atoms with van der Waals surface area (Å²) in [6, 6.07) is 6.15. The number of ether oxygens (including phenoxy) is 1. The number of amides is 3. The summed E-state index contributed by atoms with van der Waals surface area (Å²) in [5, 5.41) is 3.15. The molecular weight excluding hydrogens is 408 g/mol. The maximum Gasteiger partial charge on any atom is 0.243 e. The van der Waals surface area contributed by atoms with Crippen LogP contribution in [0, 0.1) is 5.41 Å². The highest BCUT2D eigenvalue weighted by molar-refractivity contribution is 5.91. The summed E-state index contributed by atoms with van der Waals surface area (Å²) < 4.78 is 5.70. The van der Waals surface area contributed by atoms with Gasteiger partial charge >= 0.3 is 0 Å². The van der Waals surface area contributed by atoms with E-state index in [9.17, 15) is 14.4 Å². The van der Waals surface area contributed by atoms with Gasteiger partial charge in [-0.25, -0.2) is 0 Å². The summed E-state index contributed by atoms with van der Waals surface area (Å²) >= 11 is 0. The van der Waals surface area contributed by atoms with Crippen LogP contribution in [0.1, 0.15) is 58.1 Å². The number of para-hydroxylation sites is 1. The first-order valence-corrected chi connectivity index (χ1v) is 11.6. The lowest BCUT2D eigenvalue weighted by Gasteiger charge is -2.39. The molecule has 8 heteroatoms. The van der Waals surface area contributed by atoms with Gasteiger partial charge in [0.15, 0.2) is 0 Å². The molecule has 0 aromatic heterocycles. The molecule has 1 aromatic carbocycles. The lowest BCUT2D eigenvalue weighted by Crippen LogP contribution is -2.60. The van der Waals surface area contributed by atoms with Gasteiger partial charge in [0.2, 0.25) is 17.7 Å². The fraction of sp³-hybridized carbons (Fsp3) is 0.625. The Bertz CT molecular complexity index is 896. The first kappa shape index (κ1) is 22.6. The van der Waals surface area contributed by atoms with Crippen molar-refractivity contribution >= 4 is 17.7 Å². The molecule has 3 N–H and O–H groups in total. The molecule has 0 spiro atoms. The van der Waals surface area contributed by atoms with Crippen molar-refractivity contribution in [1.29, 1.82) is 0 Å². The van der Waals surface area contributed by atoms with Crippen LogP contribution in [0.25, 0.3) is 0 Å². The lowest BCUT2D eigenvalue weighted by molar-refractivity contribution is -0.147. The summed E-state index contributed by atoms with van der Waals surface area (Å²) in [6.45, 7) is 6.88. The smallest absolute Gasteiger partial charge is 0.243 e. The molecule has 0 radical (unpaired) electrons. The molecule has 3 heterocycles. The number of benzene rings is 1. The highest BCUT2D eigenvalue weighted by Crippen LogP contribution is 2.34. The van der Waals surface area contributed by atoms with E-state index in [0.29, 0.717) is 32.4 Å². The molecule has 1 aromatic rings. The molecule has 0 bridgehead atoms. The van der Waals surface area contributed by atoms with Gasteiger partial charge in [-0.1, -0.05) is 39.0 Å². The number of nitrogens with zero attached hydrogens (tertiary/aromatic N) is 2. The third kappa shape index (κ3) is 4.33. The second kappa shape index (κ2) is 8.73. The predicted molar refractivity (Wildman–Crippen MR) is 120 cm³/mol. The van der Waals surface area contributed by atoms with Crippen molar-refractivity contribution in [2.24, 2.45) is 11.1 Å². The molecular formula is C24H34N4O4. The van der Waals surface area contributed by atoms with E-state index in [-0.39, 0.29) is 36.3 Å². The van der Waals surface area contributed by atoms with Crippen LogP contribution < -0.4 is 15.8 Å². The second-order valence-electron chi connectivity index (χ2n) is 10.1. The normalized spacial score (nSPS) is 28.2. The van der Waals surface area contributed by atoms with Crippen molar-refractivity contribution in [1.82, 2.24) is 15.1 Å². The predicted octanol–water partition coefficient (Wildman–Crippen LogP) is 1.59. The largest absolute Gasteiger partial charge is 0.493 e. The first-order valence-electron chi connectivity index (χ1n) is 11.6. The Kier molecular flexibility index (Phi) is 6.16. The Morgan fingerprint density at radius 3 is 2.62 bits per heavy atom. The van der Waals surface area contributed by atoms with Crippen LogP contribution in [0.3, 0.4) is 0 Å². The van der Waals surface area contributed by atoms with Crippen molar-refractivity contribution in [2.45, 2.75) is 70.6 Å². The highest BCUT2D eigenvalue weighted by Gasteiger charge is 2.45. The summed E-state index contributed by atoms with van der Waals surface area (Å²) in [6.07, 6.45) is 2.69. The number of hydrogen-bond acceptors (Lipinski definition) is 5. The molecule has 0 aliphatic carbocycles. The van der Waals surface area contributed by atoms with Crippen molar-refractivity contribution < 1.29 is 19.1 Å². The van der Waals surface area contributed by atoms with E-state index < -0.39 is 17.5 Å². The molecule has 3 amide bonds. The van der Waals surface area contributed by atoms with E-state index in [0.717, 1.165) is 17.7 Å². The number of nitrogens with one attached hydrogen (secondary N) is 1. The van der Waals surface area contributed by atoms with Crippen molar-refractivity contribution in [3.8, 4) is 5.75 Å². The Labute approximate surface area is 189 Å². The summed E-state index contributed by atoms with van der Waals surface area (Å²) in [4.78, 5) is 42.8. The van der Waals surface area contributed by atoms with Crippen LogP contribution in [-0.4, -0.2) is 65.3 Å². The Balaban J connectivity index is 1.48. The first-order chi connectivity index (χ1) is 15.2. The molecule has 4 rings (SSSR count). The molecule has 174 valence electrons. The molecule has 2 fully saturated rings. The molecule has 8 nitrogen and oxygen atoms in total. The molecule has 4 atom stereocenters. The van der Waals surface area contributed by atoms with Gasteiger partial charge in [-0.15, -0.1) is 0 Å². The number of rotatable bonds is 2. The lowest BCUT2D eigenvalue weighted by atomic mass is 9.93. The number of nitrogens with two attached hydrogens (primary N) is 1.